The van der Waals surface area contributed by atoms with E-state index in [-0.39, 0.29) is 0 Å². The lowest BCUT2D eigenvalue weighted by Crippen LogP contribution is -2.28. The summed E-state index contributed by atoms with van der Waals surface area (Å²) in [5.74, 6) is 0.713. The van der Waals surface area contributed by atoms with Crippen molar-refractivity contribution in [2.24, 2.45) is 0 Å². The summed E-state index contributed by atoms with van der Waals surface area (Å²) in [4.78, 5) is 3.68. The van der Waals surface area contributed by atoms with Crippen LogP contribution in [0.3, 0.4) is 0 Å². The van der Waals surface area contributed by atoms with Gasteiger partial charge in [-0.3, -0.25) is 0 Å². The minimum atomic E-state index is 0.713. The Morgan fingerprint density at radius 2 is 1.50 bits per heavy atom. The molecule has 0 unspecified atom stereocenters. The van der Waals surface area contributed by atoms with Gasteiger partial charge in [0.1, 0.15) is 0 Å². The summed E-state index contributed by atoms with van der Waals surface area (Å²) in [6.07, 6.45) is 2.53. The van der Waals surface area contributed by atoms with Crippen LogP contribution in [0.15, 0.2) is 0 Å². The maximum absolute atomic E-state index is 3.68. The molecule has 1 aliphatic heterocycles. The van der Waals surface area contributed by atoms with Crippen LogP contribution in [0.2, 0.25) is 0 Å². The standard InChI is InChI=1S/C17H25BN2/c1-9-10(2)12(4)16-14(11(9)3)15(17(18)20-16)13-5-7-19-8-6-13/h13,19-20H,5-8,18H2,1-4H3. The van der Waals surface area contributed by atoms with Crippen LogP contribution in [0, 0.1) is 27.7 Å². The van der Waals surface area contributed by atoms with E-state index in [9.17, 15) is 0 Å². The molecule has 0 radical (unpaired) electrons. The summed E-state index contributed by atoms with van der Waals surface area (Å²) in [6.45, 7) is 11.4. The Kier molecular flexibility index (Phi) is 3.41. The smallest absolute Gasteiger partial charge is 0.161 e. The molecule has 0 bridgehead atoms. The van der Waals surface area contributed by atoms with E-state index >= 15 is 0 Å². The summed E-state index contributed by atoms with van der Waals surface area (Å²) in [5, 5.41) is 4.99. The molecular weight excluding hydrogens is 243 g/mol. The lowest BCUT2D eigenvalue weighted by molar-refractivity contribution is 0.463. The second-order valence-corrected chi connectivity index (χ2v) is 6.44. The molecule has 1 fully saturated rings. The van der Waals surface area contributed by atoms with Crippen LogP contribution in [0.5, 0.6) is 0 Å². The van der Waals surface area contributed by atoms with Gasteiger partial charge in [-0.1, -0.05) is 0 Å². The molecule has 1 saturated heterocycles. The van der Waals surface area contributed by atoms with Crippen molar-refractivity contribution in [2.75, 3.05) is 13.1 Å². The number of aromatic amines is 1. The van der Waals surface area contributed by atoms with E-state index in [1.807, 2.05) is 0 Å². The quantitative estimate of drug-likeness (QED) is 0.762. The Morgan fingerprint density at radius 3 is 2.15 bits per heavy atom. The SMILES string of the molecule is Bc1[nH]c2c(C)c(C)c(C)c(C)c2c1C1CCNCC1. The Labute approximate surface area is 122 Å². The molecule has 3 heteroatoms. The first kappa shape index (κ1) is 13.8. The van der Waals surface area contributed by atoms with Gasteiger partial charge in [-0.2, -0.15) is 0 Å². The number of nitrogens with one attached hydrogen (secondary N) is 2. The van der Waals surface area contributed by atoms with E-state index in [2.05, 4.69) is 45.8 Å². The fourth-order valence-corrected chi connectivity index (χ4v) is 3.87. The number of H-pyrrole nitrogens is 1. The van der Waals surface area contributed by atoms with E-state index in [0.717, 1.165) is 13.1 Å². The summed E-state index contributed by atoms with van der Waals surface area (Å²) >= 11 is 0. The molecule has 1 aromatic heterocycles. The van der Waals surface area contributed by atoms with E-state index < -0.39 is 0 Å². The van der Waals surface area contributed by atoms with Gasteiger partial charge < -0.3 is 10.3 Å². The highest BCUT2D eigenvalue weighted by atomic mass is 14.9. The summed E-state index contributed by atoms with van der Waals surface area (Å²) in [7, 11) is 2.25. The van der Waals surface area contributed by atoms with E-state index in [4.69, 9.17) is 0 Å². The summed E-state index contributed by atoms with van der Waals surface area (Å²) < 4.78 is 0. The molecular formula is C17H25BN2. The molecule has 0 spiro atoms. The highest BCUT2D eigenvalue weighted by Crippen LogP contribution is 2.35. The predicted octanol–water partition coefficient (Wildman–Crippen LogP) is 2.13. The lowest BCUT2D eigenvalue weighted by atomic mass is 9.81. The minimum Gasteiger partial charge on any atom is -0.367 e. The van der Waals surface area contributed by atoms with Gasteiger partial charge in [0, 0.05) is 10.9 Å². The van der Waals surface area contributed by atoms with E-state index in [1.165, 1.54) is 51.6 Å². The van der Waals surface area contributed by atoms with Gasteiger partial charge in [-0.05, 0) is 93.0 Å². The van der Waals surface area contributed by atoms with Crippen LogP contribution in [-0.2, 0) is 0 Å². The monoisotopic (exact) mass is 268 g/mol. The normalized spacial score (nSPS) is 17.0. The predicted molar refractivity (Wildman–Crippen MR) is 90.3 cm³/mol. The van der Waals surface area contributed by atoms with Crippen LogP contribution in [0.4, 0.5) is 0 Å². The van der Waals surface area contributed by atoms with Crippen LogP contribution in [-0.4, -0.2) is 25.9 Å². The van der Waals surface area contributed by atoms with Crippen molar-refractivity contribution >= 4 is 24.3 Å². The Morgan fingerprint density at radius 1 is 0.900 bits per heavy atom. The maximum atomic E-state index is 3.68. The van der Waals surface area contributed by atoms with Gasteiger partial charge in [-0.15, -0.1) is 0 Å². The van der Waals surface area contributed by atoms with Crippen molar-refractivity contribution in [3.8, 4) is 0 Å². The number of fused-ring (bicyclic) bond motifs is 1. The second-order valence-electron chi connectivity index (χ2n) is 6.44. The largest absolute Gasteiger partial charge is 0.367 e. The number of hydrogen-bond donors (Lipinski definition) is 2. The molecule has 2 aromatic rings. The molecule has 0 saturated carbocycles. The Hall–Kier alpha value is -1.22. The first-order valence-electron chi connectivity index (χ1n) is 7.81. The van der Waals surface area contributed by atoms with Gasteiger partial charge in [0.25, 0.3) is 0 Å². The molecule has 1 aromatic carbocycles. The average molecular weight is 268 g/mol. The molecule has 1 aliphatic rings. The molecule has 0 aliphatic carbocycles. The van der Waals surface area contributed by atoms with Gasteiger partial charge in [-0.25, -0.2) is 0 Å². The van der Waals surface area contributed by atoms with Crippen LogP contribution >= 0.6 is 0 Å². The van der Waals surface area contributed by atoms with Crippen molar-refractivity contribution in [2.45, 2.75) is 46.5 Å². The Bertz CT molecular complexity index is 664. The van der Waals surface area contributed by atoms with E-state index in [1.54, 1.807) is 5.56 Å². The van der Waals surface area contributed by atoms with Crippen molar-refractivity contribution in [1.29, 1.82) is 0 Å². The highest BCUT2D eigenvalue weighted by Gasteiger charge is 2.23. The molecule has 2 heterocycles. The number of aryl methyl sites for hydroxylation is 2. The van der Waals surface area contributed by atoms with Crippen molar-refractivity contribution in [3.05, 3.63) is 27.8 Å². The molecule has 2 nitrogen and oxygen atoms in total. The molecule has 2 N–H and O–H groups in total. The molecule has 0 amide bonds. The molecule has 3 rings (SSSR count). The van der Waals surface area contributed by atoms with Crippen LogP contribution < -0.4 is 10.9 Å². The van der Waals surface area contributed by atoms with Crippen molar-refractivity contribution in [3.63, 3.8) is 0 Å². The van der Waals surface area contributed by atoms with E-state index in [0.29, 0.717) is 5.92 Å². The summed E-state index contributed by atoms with van der Waals surface area (Å²) in [6, 6.07) is 0. The van der Waals surface area contributed by atoms with Gasteiger partial charge in [0.2, 0.25) is 0 Å². The topological polar surface area (TPSA) is 27.8 Å². The zero-order chi connectivity index (χ0) is 14.4. The third-order valence-electron chi connectivity index (χ3n) is 5.42. The first-order valence-corrected chi connectivity index (χ1v) is 7.81. The second kappa shape index (κ2) is 4.96. The van der Waals surface area contributed by atoms with Gasteiger partial charge >= 0.3 is 0 Å². The lowest BCUT2D eigenvalue weighted by Gasteiger charge is -2.24. The number of hydrogen-bond acceptors (Lipinski definition) is 1. The van der Waals surface area contributed by atoms with Crippen molar-refractivity contribution in [1.82, 2.24) is 10.3 Å². The fourth-order valence-electron chi connectivity index (χ4n) is 3.87. The minimum absolute atomic E-state index is 0.713. The number of rotatable bonds is 1. The zero-order valence-electron chi connectivity index (χ0n) is 13.4. The fraction of sp³-hybridized carbons (Fsp3) is 0.529. The highest BCUT2D eigenvalue weighted by molar-refractivity contribution is 6.34. The number of aromatic nitrogens is 1. The number of benzene rings is 1. The zero-order valence-corrected chi connectivity index (χ0v) is 13.4. The average Bonchev–Trinajstić information content (AvgIpc) is 2.81. The van der Waals surface area contributed by atoms with Crippen LogP contribution in [0.1, 0.15) is 46.6 Å². The molecule has 20 heavy (non-hydrogen) atoms. The first-order chi connectivity index (χ1) is 9.52. The summed E-state index contributed by atoms with van der Waals surface area (Å²) in [5.41, 5.74) is 10.1. The van der Waals surface area contributed by atoms with Gasteiger partial charge in [0.05, 0.1) is 0 Å². The third-order valence-corrected chi connectivity index (χ3v) is 5.42. The molecule has 106 valence electrons. The molecule has 0 atom stereocenters. The van der Waals surface area contributed by atoms with Crippen LogP contribution in [0.25, 0.3) is 10.9 Å². The Balaban J connectivity index is 2.29. The maximum Gasteiger partial charge on any atom is 0.161 e. The third kappa shape index (κ3) is 1.91. The van der Waals surface area contributed by atoms with Gasteiger partial charge in [0.15, 0.2) is 7.85 Å². The number of piperidine rings is 1. The van der Waals surface area contributed by atoms with Crippen molar-refractivity contribution < 1.29 is 0 Å².